The lowest BCUT2D eigenvalue weighted by atomic mass is 10.0. The molecule has 2 saturated heterocycles. The molecule has 4 N–H and O–H groups in total. The first kappa shape index (κ1) is 55.5. The number of hydrogen-bond acceptors (Lipinski definition) is 10. The maximum atomic E-state index is 13.2. The van der Waals surface area contributed by atoms with Gasteiger partial charge >= 0.3 is 0 Å². The predicted molar refractivity (Wildman–Crippen MR) is 318 cm³/mol. The van der Waals surface area contributed by atoms with Gasteiger partial charge in [-0.1, -0.05) is 42.0 Å². The van der Waals surface area contributed by atoms with Crippen LogP contribution in [-0.2, 0) is 13.1 Å². The number of benzene rings is 4. The molecule has 392 valence electrons. The van der Waals surface area contributed by atoms with Crippen molar-refractivity contribution < 1.29 is 9.59 Å². The van der Waals surface area contributed by atoms with Crippen molar-refractivity contribution in [2.45, 2.75) is 40.8 Å². The van der Waals surface area contributed by atoms with Gasteiger partial charge in [0.2, 0.25) is 11.1 Å². The van der Waals surface area contributed by atoms with Gasteiger partial charge < -0.3 is 30.4 Å². The van der Waals surface area contributed by atoms with Crippen LogP contribution in [0.1, 0.15) is 70.8 Å². The summed E-state index contributed by atoms with van der Waals surface area (Å²) in [5, 5.41) is 7.79. The van der Waals surface area contributed by atoms with Gasteiger partial charge in [0.1, 0.15) is 11.3 Å². The van der Waals surface area contributed by atoms with Crippen LogP contribution in [0.4, 0.5) is 11.4 Å². The molecule has 0 spiro atoms. The Morgan fingerprint density at radius 1 is 0.571 bits per heavy atom. The highest BCUT2D eigenvalue weighted by atomic mass is 127. The van der Waals surface area contributed by atoms with Gasteiger partial charge in [-0.3, -0.25) is 29.0 Å². The number of aromatic nitrogens is 4. The fourth-order valence-corrected chi connectivity index (χ4v) is 9.50. The van der Waals surface area contributed by atoms with E-state index in [-0.39, 0.29) is 22.9 Å². The fraction of sp³-hybridized carbons (Fsp3) is 0.258. The number of carbonyl (C=O) groups excluding carboxylic acids is 2. The standard InChI is InChI=1S/C31H31N5O2.C21H26IN3O.C10H6N2O/c1-21-14-24(20-36-12-10-35(3)11-13-36)17-28(15-21)33-31(38)27-6-4-22(2)25(18-27)7-5-23-16-26-8-9-29(37)34-30(26)32-19-23;1-15-10-17(14-25-8-6-24(3)7-9-25)12-19(11-15)23-21(26)18-5-4-16(2)20(22)13-18;1-2-7-5-8-3-4-9(13)12-10(8)11-6-7/h4,6,8-9,14-19H,10-13,20H2,1-3H3,(H,33,38)(H,32,34,37);4-5,10-13H,6-9,14H2,1-3H3,(H,23,26);1,3-6H,(H,11,12,13). The van der Waals surface area contributed by atoms with Crippen molar-refractivity contribution in [1.82, 2.24) is 39.5 Å². The van der Waals surface area contributed by atoms with Crippen LogP contribution in [0.2, 0.25) is 0 Å². The number of nitrogens with zero attached hydrogens (tertiary/aromatic N) is 6. The number of fused-ring (bicyclic) bond motifs is 2. The Kier molecular flexibility index (Phi) is 18.6. The molecule has 4 aromatic carbocycles. The number of halogens is 1. The number of terminal acetylenes is 1. The van der Waals surface area contributed by atoms with E-state index in [1.54, 1.807) is 30.6 Å². The number of aryl methyl sites for hydroxylation is 4. The Labute approximate surface area is 463 Å². The molecule has 0 radical (unpaired) electrons. The summed E-state index contributed by atoms with van der Waals surface area (Å²) >= 11 is 2.27. The van der Waals surface area contributed by atoms with Gasteiger partial charge in [-0.25, -0.2) is 9.97 Å². The summed E-state index contributed by atoms with van der Waals surface area (Å²) in [5.74, 6) is 8.57. The second-order valence-corrected chi connectivity index (χ2v) is 21.0. The lowest BCUT2D eigenvalue weighted by Gasteiger charge is -2.32. The third-order valence-corrected chi connectivity index (χ3v) is 14.5. The minimum atomic E-state index is -0.188. The summed E-state index contributed by atoms with van der Waals surface area (Å²) in [4.78, 5) is 71.4. The molecule has 15 heteroatoms. The first-order valence-electron chi connectivity index (χ1n) is 25.5. The number of pyridine rings is 4. The second kappa shape index (κ2) is 25.8. The monoisotopic (exact) mass is 1140 g/mol. The quantitative estimate of drug-likeness (QED) is 0.0856. The lowest BCUT2D eigenvalue weighted by molar-refractivity contribution is 0.101. The number of amides is 2. The molecule has 2 aliphatic heterocycles. The van der Waals surface area contributed by atoms with Gasteiger partial charge in [0, 0.05) is 144 Å². The van der Waals surface area contributed by atoms with E-state index in [1.807, 2.05) is 61.5 Å². The van der Waals surface area contributed by atoms with Crippen LogP contribution >= 0.6 is 22.6 Å². The molecule has 0 aliphatic carbocycles. The van der Waals surface area contributed by atoms with Crippen molar-refractivity contribution >= 4 is 67.8 Å². The van der Waals surface area contributed by atoms with Gasteiger partial charge in [0.15, 0.2) is 0 Å². The van der Waals surface area contributed by atoms with Crippen molar-refractivity contribution in [3.05, 3.63) is 207 Å². The molecule has 0 bridgehead atoms. The molecular formula is C62H63IN10O4. The molecular weight excluding hydrogens is 1080 g/mol. The first-order chi connectivity index (χ1) is 37.0. The lowest BCUT2D eigenvalue weighted by Crippen LogP contribution is -2.43. The summed E-state index contributed by atoms with van der Waals surface area (Å²) in [6.45, 7) is 18.6. The smallest absolute Gasteiger partial charge is 0.255 e. The molecule has 2 fully saturated rings. The van der Waals surface area contributed by atoms with Crippen LogP contribution in [0.5, 0.6) is 0 Å². The van der Waals surface area contributed by atoms with Crippen molar-refractivity contribution in [2.75, 3.05) is 77.1 Å². The Balaban J connectivity index is 0.000000172. The molecule has 2 amide bonds. The van der Waals surface area contributed by atoms with E-state index >= 15 is 0 Å². The number of likely N-dealkylation sites (N-methyl/N-ethyl adjacent to an activating group) is 2. The highest BCUT2D eigenvalue weighted by Gasteiger charge is 2.17. The highest BCUT2D eigenvalue weighted by Crippen LogP contribution is 2.22. The minimum absolute atomic E-state index is 0.0564. The van der Waals surface area contributed by atoms with Crippen molar-refractivity contribution in [3.8, 4) is 24.2 Å². The van der Waals surface area contributed by atoms with Crippen LogP contribution in [0.25, 0.3) is 22.1 Å². The highest BCUT2D eigenvalue weighted by molar-refractivity contribution is 14.1. The number of anilines is 2. The molecule has 10 rings (SSSR count). The largest absolute Gasteiger partial charge is 0.322 e. The van der Waals surface area contributed by atoms with E-state index in [0.29, 0.717) is 28.0 Å². The zero-order chi connectivity index (χ0) is 54.6. The number of hydrogen-bond donors (Lipinski definition) is 4. The third-order valence-electron chi connectivity index (χ3n) is 13.4. The summed E-state index contributed by atoms with van der Waals surface area (Å²) in [6, 6.07) is 34.0. The van der Waals surface area contributed by atoms with E-state index in [4.69, 9.17) is 6.42 Å². The molecule has 0 atom stereocenters. The zero-order valence-electron chi connectivity index (χ0n) is 44.4. The molecule has 6 heterocycles. The molecule has 0 saturated carbocycles. The summed E-state index contributed by atoms with van der Waals surface area (Å²) in [6.07, 6.45) is 8.40. The van der Waals surface area contributed by atoms with Crippen molar-refractivity contribution in [1.29, 1.82) is 0 Å². The molecule has 4 aromatic heterocycles. The van der Waals surface area contributed by atoms with Gasteiger partial charge in [-0.15, -0.1) is 6.42 Å². The van der Waals surface area contributed by atoms with E-state index in [1.165, 1.54) is 34.4 Å². The normalized spacial score (nSPS) is 14.0. The average Bonchev–Trinajstić information content (AvgIpc) is 3.40. The number of piperazine rings is 2. The fourth-order valence-electron chi connectivity index (χ4n) is 8.98. The topological polar surface area (TPSA) is 163 Å². The predicted octanol–water partition coefficient (Wildman–Crippen LogP) is 8.75. The molecule has 0 unspecified atom stereocenters. The van der Waals surface area contributed by atoms with Crippen molar-refractivity contribution in [3.63, 3.8) is 0 Å². The maximum Gasteiger partial charge on any atom is 0.255 e. The zero-order valence-corrected chi connectivity index (χ0v) is 46.5. The van der Waals surface area contributed by atoms with Crippen LogP contribution < -0.4 is 21.8 Å². The SMILES string of the molecule is C#Cc1cnc2[nH]c(=O)ccc2c1.Cc1cc(CN2CCN(C)CC2)cc(NC(=O)c2ccc(C)c(C#Cc3cnc4[nH]c(=O)ccc4c3)c2)c1.Cc1cc(CN2CCN(C)CC2)cc(NC(=O)c2ccc(C)c(I)c2)c1. The maximum absolute atomic E-state index is 13.2. The Morgan fingerprint density at radius 2 is 1.04 bits per heavy atom. The molecule has 8 aromatic rings. The van der Waals surface area contributed by atoms with Crippen LogP contribution in [0, 0.1) is 55.4 Å². The van der Waals surface area contributed by atoms with Crippen LogP contribution in [0.3, 0.4) is 0 Å². The van der Waals surface area contributed by atoms with E-state index in [9.17, 15) is 19.2 Å². The van der Waals surface area contributed by atoms with Gasteiger partial charge in [0.25, 0.3) is 11.8 Å². The Hall–Kier alpha value is -7.77. The number of rotatable bonds is 8. The number of aromatic amines is 2. The summed E-state index contributed by atoms with van der Waals surface area (Å²) < 4.78 is 1.11. The minimum Gasteiger partial charge on any atom is -0.322 e. The first-order valence-corrected chi connectivity index (χ1v) is 26.6. The molecule has 2 aliphatic rings. The number of H-pyrrole nitrogens is 2. The van der Waals surface area contributed by atoms with Crippen LogP contribution in [-0.4, -0.2) is 118 Å². The average molecular weight is 1140 g/mol. The number of nitrogens with one attached hydrogen (secondary N) is 4. The van der Waals surface area contributed by atoms with Crippen LogP contribution in [0.15, 0.2) is 131 Å². The second-order valence-electron chi connectivity index (χ2n) is 19.8. The summed E-state index contributed by atoms with van der Waals surface area (Å²) in [5.41, 5.74) is 12.8. The van der Waals surface area contributed by atoms with Gasteiger partial charge in [-0.05, 0) is 171 Å². The summed E-state index contributed by atoms with van der Waals surface area (Å²) in [7, 11) is 4.33. The van der Waals surface area contributed by atoms with Gasteiger partial charge in [-0.2, -0.15) is 0 Å². The molecule has 77 heavy (non-hydrogen) atoms. The number of carbonyl (C=O) groups is 2. The third kappa shape index (κ3) is 15.9. The molecule has 14 nitrogen and oxygen atoms in total. The van der Waals surface area contributed by atoms with Crippen molar-refractivity contribution in [2.24, 2.45) is 0 Å². The Morgan fingerprint density at radius 3 is 1.53 bits per heavy atom. The van der Waals surface area contributed by atoms with E-state index in [2.05, 4.69) is 150 Å². The van der Waals surface area contributed by atoms with Gasteiger partial charge in [0.05, 0.1) is 0 Å². The van der Waals surface area contributed by atoms with E-state index < -0.39 is 0 Å². The Bertz CT molecular complexity index is 3690. The van der Waals surface area contributed by atoms with E-state index in [0.717, 1.165) is 113 Å².